The van der Waals surface area contributed by atoms with Crippen LogP contribution in [0.2, 0.25) is 0 Å². The van der Waals surface area contributed by atoms with E-state index < -0.39 is 0 Å². The van der Waals surface area contributed by atoms with E-state index in [1.165, 1.54) is 30.6 Å². The Kier molecular flexibility index (Phi) is 5.82. The molecule has 0 aliphatic carbocycles. The van der Waals surface area contributed by atoms with Crippen molar-refractivity contribution in [3.8, 4) is 5.75 Å². The van der Waals surface area contributed by atoms with Crippen LogP contribution in [0.5, 0.6) is 5.75 Å². The van der Waals surface area contributed by atoms with E-state index >= 15 is 0 Å². The van der Waals surface area contributed by atoms with Crippen LogP contribution in [0.3, 0.4) is 0 Å². The Morgan fingerprint density at radius 3 is 2.57 bits per heavy atom. The van der Waals surface area contributed by atoms with E-state index in [4.69, 9.17) is 4.74 Å². The third-order valence-electron chi connectivity index (χ3n) is 4.67. The van der Waals surface area contributed by atoms with Crippen LogP contribution in [-0.2, 0) is 6.61 Å². The number of hydrogen-bond acceptors (Lipinski definition) is 6. The van der Waals surface area contributed by atoms with E-state index in [1.807, 2.05) is 17.5 Å². The fourth-order valence-corrected chi connectivity index (χ4v) is 3.69. The maximum absolute atomic E-state index is 12.5. The highest BCUT2D eigenvalue weighted by Crippen LogP contribution is 2.20. The van der Waals surface area contributed by atoms with Gasteiger partial charge in [-0.15, -0.1) is 11.3 Å². The summed E-state index contributed by atoms with van der Waals surface area (Å²) in [7, 11) is 0. The Morgan fingerprint density at radius 2 is 1.89 bits per heavy atom. The number of carbonyl (C=O) groups is 1. The zero-order chi connectivity index (χ0) is 19.2. The van der Waals surface area contributed by atoms with Crippen LogP contribution in [0.25, 0.3) is 0 Å². The summed E-state index contributed by atoms with van der Waals surface area (Å²) >= 11 is 1.54. The number of anilines is 2. The molecule has 1 aliphatic rings. The molecular formula is C21H22N4O2S. The van der Waals surface area contributed by atoms with Crippen LogP contribution in [0, 0.1) is 0 Å². The molecule has 28 heavy (non-hydrogen) atoms. The minimum atomic E-state index is -0.168. The van der Waals surface area contributed by atoms with Gasteiger partial charge in [-0.05, 0) is 55.7 Å². The highest BCUT2D eigenvalue weighted by atomic mass is 32.1. The van der Waals surface area contributed by atoms with Gasteiger partial charge in [-0.3, -0.25) is 4.79 Å². The zero-order valence-electron chi connectivity index (χ0n) is 15.5. The van der Waals surface area contributed by atoms with Crippen molar-refractivity contribution in [2.24, 2.45) is 0 Å². The molecule has 1 amide bonds. The maximum Gasteiger partial charge on any atom is 0.255 e. The Morgan fingerprint density at radius 1 is 1.07 bits per heavy atom. The molecule has 3 aromatic rings. The van der Waals surface area contributed by atoms with Crippen LogP contribution >= 0.6 is 11.3 Å². The predicted molar refractivity (Wildman–Crippen MR) is 111 cm³/mol. The standard InChI is InChI=1S/C21H22N4O2S/c26-21(16-4-7-19(8-5-16)27-13-18-14-28-15-23-18)24-17-6-9-20(22-12-17)25-10-2-1-3-11-25/h4-9,12,14-15H,1-3,10-11,13H2,(H,24,26). The van der Waals surface area contributed by atoms with Gasteiger partial charge in [0, 0.05) is 24.0 Å². The number of aromatic nitrogens is 2. The minimum absolute atomic E-state index is 0.168. The predicted octanol–water partition coefficient (Wildman–Crippen LogP) is 4.36. The number of nitrogens with one attached hydrogen (secondary N) is 1. The van der Waals surface area contributed by atoms with Gasteiger partial charge in [0.25, 0.3) is 5.91 Å². The molecule has 1 aromatic carbocycles. The molecule has 0 spiro atoms. The number of piperidine rings is 1. The van der Waals surface area contributed by atoms with Crippen LogP contribution < -0.4 is 15.0 Å². The van der Waals surface area contributed by atoms with Crippen molar-refractivity contribution >= 4 is 28.7 Å². The molecule has 0 atom stereocenters. The minimum Gasteiger partial charge on any atom is -0.487 e. The van der Waals surface area contributed by atoms with E-state index in [-0.39, 0.29) is 5.91 Å². The quantitative estimate of drug-likeness (QED) is 0.673. The van der Waals surface area contributed by atoms with Gasteiger partial charge >= 0.3 is 0 Å². The van der Waals surface area contributed by atoms with E-state index in [1.54, 1.807) is 36.0 Å². The molecule has 1 saturated heterocycles. The number of amides is 1. The Labute approximate surface area is 168 Å². The zero-order valence-corrected chi connectivity index (χ0v) is 16.3. The molecule has 4 rings (SSSR count). The van der Waals surface area contributed by atoms with Gasteiger partial charge in [0.05, 0.1) is 23.1 Å². The van der Waals surface area contributed by atoms with E-state index in [2.05, 4.69) is 20.2 Å². The Hall–Kier alpha value is -2.93. The fourth-order valence-electron chi connectivity index (χ4n) is 3.14. The number of hydrogen-bond donors (Lipinski definition) is 1. The molecule has 0 unspecified atom stereocenters. The highest BCUT2D eigenvalue weighted by Gasteiger charge is 2.12. The second-order valence-electron chi connectivity index (χ2n) is 6.70. The largest absolute Gasteiger partial charge is 0.487 e. The fraction of sp³-hybridized carbons (Fsp3) is 0.286. The van der Waals surface area contributed by atoms with Gasteiger partial charge in [0.1, 0.15) is 18.2 Å². The molecule has 6 nitrogen and oxygen atoms in total. The molecule has 0 saturated carbocycles. The molecule has 3 heterocycles. The summed E-state index contributed by atoms with van der Waals surface area (Å²) in [4.78, 5) is 23.4. The maximum atomic E-state index is 12.5. The Balaban J connectivity index is 1.32. The molecule has 0 bridgehead atoms. The van der Waals surface area contributed by atoms with Crippen molar-refractivity contribution in [1.82, 2.24) is 9.97 Å². The summed E-state index contributed by atoms with van der Waals surface area (Å²) in [5, 5.41) is 4.84. The second kappa shape index (κ2) is 8.84. The summed E-state index contributed by atoms with van der Waals surface area (Å²) in [6, 6.07) is 11.0. The number of rotatable bonds is 6. The number of benzene rings is 1. The third kappa shape index (κ3) is 4.67. The first-order chi connectivity index (χ1) is 13.8. The van der Waals surface area contributed by atoms with Gasteiger partial charge in [-0.1, -0.05) is 0 Å². The summed E-state index contributed by atoms with van der Waals surface area (Å²) in [6.45, 7) is 2.52. The average Bonchev–Trinajstić information content (AvgIpc) is 3.27. The SMILES string of the molecule is O=C(Nc1ccc(N2CCCCC2)nc1)c1ccc(OCc2cscn2)cc1. The van der Waals surface area contributed by atoms with E-state index in [0.29, 0.717) is 23.6 Å². The molecule has 0 radical (unpaired) electrons. The summed E-state index contributed by atoms with van der Waals surface area (Å²) in [5.41, 5.74) is 3.93. The van der Waals surface area contributed by atoms with E-state index in [0.717, 1.165) is 24.6 Å². The van der Waals surface area contributed by atoms with Gasteiger partial charge in [0.2, 0.25) is 0 Å². The molecule has 7 heteroatoms. The monoisotopic (exact) mass is 394 g/mol. The number of carbonyl (C=O) groups excluding carboxylic acids is 1. The molecule has 1 N–H and O–H groups in total. The van der Waals surface area contributed by atoms with Crippen LogP contribution in [0.1, 0.15) is 35.3 Å². The third-order valence-corrected chi connectivity index (χ3v) is 5.31. The number of pyridine rings is 1. The lowest BCUT2D eigenvalue weighted by molar-refractivity contribution is 0.102. The normalized spacial score (nSPS) is 13.9. The average molecular weight is 395 g/mol. The lowest BCUT2D eigenvalue weighted by Gasteiger charge is -2.27. The molecule has 144 valence electrons. The molecule has 1 fully saturated rings. The first kappa shape index (κ1) is 18.4. The van der Waals surface area contributed by atoms with Gasteiger partial charge < -0.3 is 15.0 Å². The molecule has 1 aliphatic heterocycles. The highest BCUT2D eigenvalue weighted by molar-refractivity contribution is 7.07. The van der Waals surface area contributed by atoms with Crippen molar-refractivity contribution in [1.29, 1.82) is 0 Å². The van der Waals surface area contributed by atoms with Crippen molar-refractivity contribution < 1.29 is 9.53 Å². The Bertz CT molecular complexity index is 889. The lowest BCUT2D eigenvalue weighted by Crippen LogP contribution is -2.30. The van der Waals surface area contributed by atoms with Gasteiger partial charge in [-0.25, -0.2) is 9.97 Å². The van der Waals surface area contributed by atoms with Crippen molar-refractivity contribution in [2.45, 2.75) is 25.9 Å². The van der Waals surface area contributed by atoms with Crippen molar-refractivity contribution in [3.63, 3.8) is 0 Å². The van der Waals surface area contributed by atoms with Gasteiger partial charge in [0.15, 0.2) is 0 Å². The topological polar surface area (TPSA) is 67.4 Å². The summed E-state index contributed by atoms with van der Waals surface area (Å²) in [6.07, 6.45) is 5.43. The number of nitrogens with zero attached hydrogens (tertiary/aromatic N) is 3. The summed E-state index contributed by atoms with van der Waals surface area (Å²) < 4.78 is 5.67. The summed E-state index contributed by atoms with van der Waals surface area (Å²) in [5.74, 6) is 1.51. The van der Waals surface area contributed by atoms with Crippen LogP contribution in [-0.4, -0.2) is 29.0 Å². The number of thiazole rings is 1. The lowest BCUT2D eigenvalue weighted by atomic mass is 10.1. The first-order valence-corrected chi connectivity index (χ1v) is 10.3. The van der Waals surface area contributed by atoms with Crippen molar-refractivity contribution in [3.05, 3.63) is 64.7 Å². The van der Waals surface area contributed by atoms with E-state index in [9.17, 15) is 4.79 Å². The second-order valence-corrected chi connectivity index (χ2v) is 7.42. The van der Waals surface area contributed by atoms with Crippen LogP contribution in [0.4, 0.5) is 11.5 Å². The molecular weight excluding hydrogens is 372 g/mol. The van der Waals surface area contributed by atoms with Gasteiger partial charge in [-0.2, -0.15) is 0 Å². The number of ether oxygens (including phenoxy) is 1. The first-order valence-electron chi connectivity index (χ1n) is 9.40. The smallest absolute Gasteiger partial charge is 0.255 e. The molecule has 2 aromatic heterocycles. The van der Waals surface area contributed by atoms with Crippen LogP contribution in [0.15, 0.2) is 53.5 Å². The van der Waals surface area contributed by atoms with Crippen molar-refractivity contribution in [2.75, 3.05) is 23.3 Å².